The van der Waals surface area contributed by atoms with Gasteiger partial charge in [-0.1, -0.05) is 12.1 Å². The van der Waals surface area contributed by atoms with Crippen LogP contribution in [0.4, 0.5) is 0 Å². The summed E-state index contributed by atoms with van der Waals surface area (Å²) < 4.78 is 24.9. The van der Waals surface area contributed by atoms with Crippen molar-refractivity contribution >= 4 is 37.4 Å². The Labute approximate surface area is 103 Å². The van der Waals surface area contributed by atoms with Crippen molar-refractivity contribution in [3.63, 3.8) is 0 Å². The number of amides is 1. The van der Waals surface area contributed by atoms with Gasteiger partial charge in [-0.15, -0.1) is 11.3 Å². The van der Waals surface area contributed by atoms with Gasteiger partial charge in [0.1, 0.15) is 0 Å². The van der Waals surface area contributed by atoms with Crippen LogP contribution in [-0.2, 0) is 10.0 Å². The summed E-state index contributed by atoms with van der Waals surface area (Å²) in [7, 11) is -3.52. The van der Waals surface area contributed by atoms with Gasteiger partial charge in [-0.3, -0.25) is 4.79 Å². The zero-order valence-electron chi connectivity index (χ0n) is 9.35. The lowest BCUT2D eigenvalue weighted by atomic mass is 10.1. The Morgan fingerprint density at radius 1 is 1.35 bits per heavy atom. The highest BCUT2D eigenvalue weighted by molar-refractivity contribution is 7.89. The summed E-state index contributed by atoms with van der Waals surface area (Å²) in [6.45, 7) is 1.97. The molecule has 17 heavy (non-hydrogen) atoms. The Kier molecular flexibility index (Phi) is 2.92. The van der Waals surface area contributed by atoms with E-state index < -0.39 is 15.9 Å². The molecule has 0 spiro atoms. The number of rotatable bonds is 2. The number of thiophene rings is 1. The molecule has 1 aromatic carbocycles. The fraction of sp³-hybridized carbons (Fsp3) is 0.182. The first-order chi connectivity index (χ1) is 7.87. The van der Waals surface area contributed by atoms with E-state index in [0.29, 0.717) is 5.56 Å². The van der Waals surface area contributed by atoms with E-state index in [4.69, 9.17) is 0 Å². The normalized spacial score (nSPS) is 11.6. The average molecular weight is 269 g/mol. The van der Waals surface area contributed by atoms with E-state index in [-0.39, 0.29) is 0 Å². The van der Waals surface area contributed by atoms with Gasteiger partial charge in [0.2, 0.25) is 10.0 Å². The van der Waals surface area contributed by atoms with Crippen molar-refractivity contribution < 1.29 is 13.2 Å². The molecule has 0 saturated heterocycles. The first-order valence-electron chi connectivity index (χ1n) is 4.87. The van der Waals surface area contributed by atoms with Crippen LogP contribution in [0.25, 0.3) is 10.1 Å². The summed E-state index contributed by atoms with van der Waals surface area (Å²) in [4.78, 5) is 11.7. The molecular weight excluding hydrogens is 258 g/mol. The molecule has 1 amide bonds. The van der Waals surface area contributed by atoms with Crippen LogP contribution in [-0.4, -0.2) is 20.6 Å². The molecule has 0 saturated carbocycles. The van der Waals surface area contributed by atoms with Crippen LogP contribution in [0.1, 0.15) is 15.9 Å². The Balaban J connectivity index is 2.46. The molecule has 1 aromatic heterocycles. The van der Waals surface area contributed by atoms with Gasteiger partial charge in [-0.2, -0.15) is 0 Å². The highest BCUT2D eigenvalue weighted by Crippen LogP contribution is 2.26. The van der Waals surface area contributed by atoms with Gasteiger partial charge >= 0.3 is 0 Å². The molecule has 0 atom stereocenters. The molecule has 0 unspecified atom stereocenters. The number of benzene rings is 1. The van der Waals surface area contributed by atoms with E-state index in [9.17, 15) is 13.2 Å². The van der Waals surface area contributed by atoms with E-state index in [2.05, 4.69) is 0 Å². The highest BCUT2D eigenvalue weighted by atomic mass is 32.2. The third kappa shape index (κ3) is 2.65. The summed E-state index contributed by atoms with van der Waals surface area (Å²) >= 11 is 1.43. The lowest BCUT2D eigenvalue weighted by Gasteiger charge is -2.01. The minimum Gasteiger partial charge on any atom is -0.268 e. The topological polar surface area (TPSA) is 63.2 Å². The van der Waals surface area contributed by atoms with Crippen molar-refractivity contribution in [1.82, 2.24) is 4.72 Å². The van der Waals surface area contributed by atoms with Gasteiger partial charge in [0.15, 0.2) is 0 Å². The molecule has 0 radical (unpaired) electrons. The van der Waals surface area contributed by atoms with Crippen molar-refractivity contribution in [2.45, 2.75) is 6.92 Å². The third-order valence-electron chi connectivity index (χ3n) is 2.25. The molecule has 0 aliphatic rings. The largest absolute Gasteiger partial charge is 0.268 e. The maximum atomic E-state index is 11.7. The summed E-state index contributed by atoms with van der Waals surface area (Å²) in [5.41, 5.74) is 1.50. The van der Waals surface area contributed by atoms with E-state index in [1.807, 2.05) is 29.8 Å². The van der Waals surface area contributed by atoms with Crippen LogP contribution in [0.5, 0.6) is 0 Å². The number of aryl methyl sites for hydroxylation is 1. The highest BCUT2D eigenvalue weighted by Gasteiger charge is 2.15. The molecule has 2 aromatic rings. The predicted molar refractivity (Wildman–Crippen MR) is 68.9 cm³/mol. The second-order valence-corrected chi connectivity index (χ2v) is 6.51. The van der Waals surface area contributed by atoms with E-state index in [1.54, 1.807) is 5.38 Å². The fourth-order valence-corrected chi connectivity index (χ4v) is 3.02. The number of nitrogens with one attached hydrogen (secondary N) is 1. The zero-order chi connectivity index (χ0) is 12.6. The number of sulfonamides is 1. The molecule has 1 N–H and O–H groups in total. The first kappa shape index (κ1) is 12.1. The molecule has 0 aliphatic carbocycles. The monoisotopic (exact) mass is 269 g/mol. The number of carbonyl (C=O) groups is 1. The molecule has 0 aliphatic heterocycles. The Hall–Kier alpha value is -1.40. The van der Waals surface area contributed by atoms with Gasteiger partial charge in [-0.05, 0) is 18.6 Å². The second-order valence-electron chi connectivity index (χ2n) is 3.85. The lowest BCUT2D eigenvalue weighted by Crippen LogP contribution is -2.29. The Bertz CT molecular complexity index is 686. The quantitative estimate of drug-likeness (QED) is 0.905. The number of hydrogen-bond donors (Lipinski definition) is 1. The average Bonchev–Trinajstić information content (AvgIpc) is 2.57. The van der Waals surface area contributed by atoms with E-state index in [1.165, 1.54) is 11.3 Å². The molecule has 6 heteroatoms. The van der Waals surface area contributed by atoms with Crippen LogP contribution < -0.4 is 4.72 Å². The van der Waals surface area contributed by atoms with Crippen molar-refractivity contribution in [3.8, 4) is 0 Å². The molecule has 1 heterocycles. The van der Waals surface area contributed by atoms with Crippen molar-refractivity contribution in [3.05, 3.63) is 34.7 Å². The standard InChI is InChI=1S/C11H11NO3S2/c1-7-3-4-8-9(6-16-10(8)5-7)11(13)12-17(2,14)15/h3-6H,1-2H3,(H,12,13). The molecule has 0 bridgehead atoms. The van der Waals surface area contributed by atoms with E-state index in [0.717, 1.165) is 21.9 Å². The fourth-order valence-electron chi connectivity index (χ4n) is 1.53. The van der Waals surface area contributed by atoms with Gasteiger partial charge in [0.25, 0.3) is 5.91 Å². The van der Waals surface area contributed by atoms with Crippen LogP contribution in [0.15, 0.2) is 23.6 Å². The van der Waals surface area contributed by atoms with Crippen LogP contribution in [0, 0.1) is 6.92 Å². The van der Waals surface area contributed by atoms with Crippen molar-refractivity contribution in [2.75, 3.05) is 6.26 Å². The molecular formula is C11H11NO3S2. The minimum absolute atomic E-state index is 0.399. The second kappa shape index (κ2) is 4.12. The number of carbonyl (C=O) groups excluding carboxylic acids is 1. The van der Waals surface area contributed by atoms with E-state index >= 15 is 0 Å². The van der Waals surface area contributed by atoms with Gasteiger partial charge < -0.3 is 0 Å². The molecule has 0 fully saturated rings. The molecule has 2 rings (SSSR count). The van der Waals surface area contributed by atoms with Crippen LogP contribution >= 0.6 is 11.3 Å². The van der Waals surface area contributed by atoms with Crippen molar-refractivity contribution in [1.29, 1.82) is 0 Å². The molecule has 4 nitrogen and oxygen atoms in total. The Morgan fingerprint density at radius 3 is 2.71 bits per heavy atom. The zero-order valence-corrected chi connectivity index (χ0v) is 11.0. The SMILES string of the molecule is Cc1ccc2c(C(=O)NS(C)(=O)=O)csc2c1. The summed E-state index contributed by atoms with van der Waals surface area (Å²) in [5.74, 6) is -0.581. The Morgan fingerprint density at radius 2 is 2.06 bits per heavy atom. The molecule has 90 valence electrons. The summed E-state index contributed by atoms with van der Waals surface area (Å²) in [6.07, 6.45) is 0.962. The first-order valence-corrected chi connectivity index (χ1v) is 7.64. The smallest absolute Gasteiger partial charge is 0.266 e. The van der Waals surface area contributed by atoms with Gasteiger partial charge in [0.05, 0.1) is 11.8 Å². The minimum atomic E-state index is -3.52. The number of hydrogen-bond acceptors (Lipinski definition) is 4. The maximum Gasteiger partial charge on any atom is 0.266 e. The third-order valence-corrected chi connectivity index (χ3v) is 3.76. The van der Waals surface area contributed by atoms with Crippen molar-refractivity contribution in [2.24, 2.45) is 0 Å². The predicted octanol–water partition coefficient (Wildman–Crippen LogP) is 1.90. The van der Waals surface area contributed by atoms with Crippen LogP contribution in [0.2, 0.25) is 0 Å². The van der Waals surface area contributed by atoms with Crippen LogP contribution in [0.3, 0.4) is 0 Å². The summed E-state index contributed by atoms with van der Waals surface area (Å²) in [5, 5.41) is 2.45. The van der Waals surface area contributed by atoms with Gasteiger partial charge in [0, 0.05) is 15.5 Å². The number of fused-ring (bicyclic) bond motifs is 1. The maximum absolute atomic E-state index is 11.7. The lowest BCUT2D eigenvalue weighted by molar-refractivity contribution is 0.0983. The summed E-state index contributed by atoms with van der Waals surface area (Å²) in [6, 6.07) is 5.70. The van der Waals surface area contributed by atoms with Gasteiger partial charge in [-0.25, -0.2) is 13.1 Å².